The van der Waals surface area contributed by atoms with E-state index in [-0.39, 0.29) is 5.82 Å². The van der Waals surface area contributed by atoms with E-state index < -0.39 is 5.91 Å². The van der Waals surface area contributed by atoms with Crippen LogP contribution < -0.4 is 5.73 Å². The Morgan fingerprint density at radius 1 is 1.38 bits per heavy atom. The molecule has 2 aromatic rings. The Hall–Kier alpha value is -2.04. The van der Waals surface area contributed by atoms with E-state index in [0.717, 1.165) is 5.39 Å². The molecule has 0 saturated carbocycles. The monoisotopic (exact) mass is 174 g/mol. The van der Waals surface area contributed by atoms with E-state index in [1.165, 1.54) is 6.20 Å². The summed E-state index contributed by atoms with van der Waals surface area (Å²) in [5, 5.41) is 0.785. The van der Waals surface area contributed by atoms with Gasteiger partial charge in [-0.15, -0.1) is 0 Å². The third kappa shape index (κ3) is 1.31. The van der Waals surface area contributed by atoms with Crippen molar-refractivity contribution in [3.05, 3.63) is 30.5 Å². The van der Waals surface area contributed by atoms with Gasteiger partial charge in [-0.3, -0.25) is 9.78 Å². The van der Waals surface area contributed by atoms with E-state index >= 15 is 0 Å². The van der Waals surface area contributed by atoms with Crippen molar-refractivity contribution in [3.63, 3.8) is 0 Å². The third-order valence-electron chi connectivity index (χ3n) is 1.60. The highest BCUT2D eigenvalue weighted by Crippen LogP contribution is 2.06. The number of nitrogens with two attached hydrogens (primary N) is 1. The lowest BCUT2D eigenvalue weighted by Gasteiger charge is -1.96. The number of hydrogen-bond donors (Lipinski definition) is 1. The van der Waals surface area contributed by atoms with Crippen LogP contribution in [0.15, 0.2) is 24.7 Å². The second-order valence-corrected chi connectivity index (χ2v) is 2.49. The predicted molar refractivity (Wildman–Crippen MR) is 45.9 cm³/mol. The fraction of sp³-hybridized carbons (Fsp3) is 0. The average molecular weight is 174 g/mol. The van der Waals surface area contributed by atoms with Crippen molar-refractivity contribution in [2.24, 2.45) is 5.73 Å². The van der Waals surface area contributed by atoms with Gasteiger partial charge in [0, 0.05) is 24.0 Å². The number of pyridine rings is 1. The molecular weight excluding hydrogens is 168 g/mol. The molecule has 0 unspecified atom stereocenters. The number of carbonyl (C=O) groups excluding carboxylic acids is 1. The zero-order valence-electron chi connectivity index (χ0n) is 6.64. The van der Waals surface area contributed by atoms with Crippen LogP contribution in [0.5, 0.6) is 0 Å². The molecule has 64 valence electrons. The first kappa shape index (κ1) is 7.60. The summed E-state index contributed by atoms with van der Waals surface area (Å²) in [5.41, 5.74) is 5.69. The summed E-state index contributed by atoms with van der Waals surface area (Å²) >= 11 is 0. The molecule has 2 rings (SSSR count). The lowest BCUT2D eigenvalue weighted by atomic mass is 10.3. The fourth-order valence-corrected chi connectivity index (χ4v) is 0.993. The van der Waals surface area contributed by atoms with Gasteiger partial charge < -0.3 is 5.73 Å². The molecule has 1 amide bonds. The average Bonchev–Trinajstić information content (AvgIpc) is 2.17. The molecule has 2 aromatic heterocycles. The molecule has 0 aliphatic carbocycles. The molecule has 5 nitrogen and oxygen atoms in total. The van der Waals surface area contributed by atoms with Gasteiger partial charge >= 0.3 is 0 Å². The van der Waals surface area contributed by atoms with Crippen molar-refractivity contribution in [1.82, 2.24) is 15.0 Å². The Kier molecular flexibility index (Phi) is 1.63. The summed E-state index contributed by atoms with van der Waals surface area (Å²) in [7, 11) is 0. The molecule has 0 radical (unpaired) electrons. The second kappa shape index (κ2) is 2.78. The highest BCUT2D eigenvalue weighted by atomic mass is 16.1. The molecule has 0 bridgehead atoms. The fourth-order valence-electron chi connectivity index (χ4n) is 0.993. The molecular formula is C8H6N4O. The smallest absolute Gasteiger partial charge is 0.286 e. The van der Waals surface area contributed by atoms with Crippen LogP contribution in [0.2, 0.25) is 0 Å². The van der Waals surface area contributed by atoms with Crippen LogP contribution in [-0.2, 0) is 0 Å². The maximum absolute atomic E-state index is 10.7. The molecule has 5 heteroatoms. The molecule has 0 spiro atoms. The maximum atomic E-state index is 10.7. The number of nitrogens with zero attached hydrogens (tertiary/aromatic N) is 3. The van der Waals surface area contributed by atoms with Gasteiger partial charge in [0.15, 0.2) is 0 Å². The minimum Gasteiger partial charge on any atom is -0.363 e. The lowest BCUT2D eigenvalue weighted by molar-refractivity contribution is 0.0991. The number of hydrogen-bond acceptors (Lipinski definition) is 4. The summed E-state index contributed by atoms with van der Waals surface area (Å²) < 4.78 is 0. The van der Waals surface area contributed by atoms with Crippen LogP contribution in [0.25, 0.3) is 10.9 Å². The van der Waals surface area contributed by atoms with Crippen molar-refractivity contribution in [2.75, 3.05) is 0 Å². The standard InChI is InChI=1S/C8H6N4O/c9-7(13)8-11-4-5-3-10-2-1-6(5)12-8/h1-4H,(H2,9,13). The topological polar surface area (TPSA) is 81.8 Å². The second-order valence-electron chi connectivity index (χ2n) is 2.49. The Labute approximate surface area is 73.6 Å². The highest BCUT2D eigenvalue weighted by molar-refractivity contribution is 5.91. The van der Waals surface area contributed by atoms with E-state index in [1.807, 2.05) is 0 Å². The van der Waals surface area contributed by atoms with Crippen molar-refractivity contribution >= 4 is 16.8 Å². The first-order valence-electron chi connectivity index (χ1n) is 3.64. The minimum absolute atomic E-state index is 0.0266. The highest BCUT2D eigenvalue weighted by Gasteiger charge is 2.04. The SMILES string of the molecule is NC(=O)c1ncc2cnccc2n1. The van der Waals surface area contributed by atoms with Gasteiger partial charge in [0.1, 0.15) is 0 Å². The van der Waals surface area contributed by atoms with E-state index in [0.29, 0.717) is 5.52 Å². The van der Waals surface area contributed by atoms with Crippen LogP contribution >= 0.6 is 0 Å². The van der Waals surface area contributed by atoms with Gasteiger partial charge in [-0.2, -0.15) is 0 Å². The molecule has 13 heavy (non-hydrogen) atoms. The van der Waals surface area contributed by atoms with Crippen molar-refractivity contribution in [1.29, 1.82) is 0 Å². The largest absolute Gasteiger partial charge is 0.363 e. The number of carbonyl (C=O) groups is 1. The zero-order chi connectivity index (χ0) is 9.26. The number of rotatable bonds is 1. The van der Waals surface area contributed by atoms with E-state index in [4.69, 9.17) is 5.73 Å². The molecule has 0 aromatic carbocycles. The first-order valence-corrected chi connectivity index (χ1v) is 3.64. The van der Waals surface area contributed by atoms with Crippen LogP contribution in [-0.4, -0.2) is 20.9 Å². The quantitative estimate of drug-likeness (QED) is 0.665. The van der Waals surface area contributed by atoms with Crippen molar-refractivity contribution in [3.8, 4) is 0 Å². The van der Waals surface area contributed by atoms with Crippen molar-refractivity contribution < 1.29 is 4.79 Å². The van der Waals surface area contributed by atoms with Crippen molar-refractivity contribution in [2.45, 2.75) is 0 Å². The summed E-state index contributed by atoms with van der Waals surface area (Å²) in [5.74, 6) is -0.600. The molecule has 2 N–H and O–H groups in total. The molecule has 0 fully saturated rings. The lowest BCUT2D eigenvalue weighted by Crippen LogP contribution is -2.14. The summed E-state index contributed by atoms with van der Waals surface area (Å²) in [6.07, 6.45) is 4.75. The number of fused-ring (bicyclic) bond motifs is 1. The van der Waals surface area contributed by atoms with Crippen LogP contribution in [0.1, 0.15) is 10.6 Å². The van der Waals surface area contributed by atoms with Gasteiger partial charge in [0.05, 0.1) is 5.52 Å². The summed E-state index contributed by atoms with van der Waals surface area (Å²) in [6.45, 7) is 0. The first-order chi connectivity index (χ1) is 6.27. The Balaban J connectivity index is 2.69. The van der Waals surface area contributed by atoms with Crippen LogP contribution in [0.3, 0.4) is 0 Å². The molecule has 0 aliphatic rings. The van der Waals surface area contributed by atoms with Gasteiger partial charge in [0.2, 0.25) is 5.82 Å². The number of primary amides is 1. The van der Waals surface area contributed by atoms with Crippen LogP contribution in [0, 0.1) is 0 Å². The summed E-state index contributed by atoms with van der Waals surface area (Å²) in [4.78, 5) is 22.3. The minimum atomic E-state index is -0.626. The Morgan fingerprint density at radius 3 is 3.00 bits per heavy atom. The van der Waals surface area contributed by atoms with E-state index in [9.17, 15) is 4.79 Å². The number of amides is 1. The van der Waals surface area contributed by atoms with Gasteiger partial charge in [0.25, 0.3) is 5.91 Å². The van der Waals surface area contributed by atoms with Crippen LogP contribution in [0.4, 0.5) is 0 Å². The molecule has 0 atom stereocenters. The van der Waals surface area contributed by atoms with Gasteiger partial charge in [-0.1, -0.05) is 0 Å². The maximum Gasteiger partial charge on any atom is 0.286 e. The van der Waals surface area contributed by atoms with Gasteiger partial charge in [-0.25, -0.2) is 9.97 Å². The van der Waals surface area contributed by atoms with E-state index in [1.54, 1.807) is 18.5 Å². The Morgan fingerprint density at radius 2 is 2.23 bits per heavy atom. The third-order valence-corrected chi connectivity index (χ3v) is 1.60. The predicted octanol–water partition coefficient (Wildman–Crippen LogP) is 0.124. The molecule has 0 saturated heterocycles. The normalized spacial score (nSPS) is 10.2. The van der Waals surface area contributed by atoms with Gasteiger partial charge in [-0.05, 0) is 6.07 Å². The zero-order valence-corrected chi connectivity index (χ0v) is 6.64. The summed E-state index contributed by atoms with van der Waals surface area (Å²) in [6, 6.07) is 1.70. The molecule has 0 aliphatic heterocycles. The molecule has 2 heterocycles. The van der Waals surface area contributed by atoms with E-state index in [2.05, 4.69) is 15.0 Å². The Bertz CT molecular complexity index is 468. The number of aromatic nitrogens is 3.